The van der Waals surface area contributed by atoms with Gasteiger partial charge in [0.15, 0.2) is 6.04 Å². The van der Waals surface area contributed by atoms with Crippen LogP contribution in [0.5, 0.6) is 5.88 Å². The van der Waals surface area contributed by atoms with Gasteiger partial charge in [0.05, 0.1) is 13.1 Å². The zero-order valence-electron chi connectivity index (χ0n) is 13.5. The molecule has 1 aliphatic rings. The minimum atomic E-state index is 0.0674. The van der Waals surface area contributed by atoms with Crippen molar-refractivity contribution in [1.29, 1.82) is 0 Å². The van der Waals surface area contributed by atoms with Crippen LogP contribution in [0, 0.1) is 6.92 Å². The molecule has 4 rings (SSSR count). The average Bonchev–Trinajstić information content (AvgIpc) is 3.07. The second-order valence-electron chi connectivity index (χ2n) is 6.35. The standard InChI is InChI=1S/C17H19ClN4OS/c1-11-19-17-22(20-11)16(23)15(24-17)14(21-8-3-2-4-9-21)12-6-5-7-13(18)10-12/h5-7,10,14,23H,2-4,8-9H2,1H3/p+1/t14-/m0/s1. The smallest absolute Gasteiger partial charge is 0.235 e. The van der Waals surface area contributed by atoms with Crippen molar-refractivity contribution >= 4 is 27.9 Å². The van der Waals surface area contributed by atoms with Gasteiger partial charge < -0.3 is 10.0 Å². The predicted molar refractivity (Wildman–Crippen MR) is 95.1 cm³/mol. The lowest BCUT2D eigenvalue weighted by Crippen LogP contribution is -3.13. The number of hydrogen-bond donors (Lipinski definition) is 2. The first-order valence-electron chi connectivity index (χ1n) is 8.28. The van der Waals surface area contributed by atoms with Crippen LogP contribution in [0.15, 0.2) is 24.3 Å². The molecule has 0 amide bonds. The number of rotatable bonds is 3. The van der Waals surface area contributed by atoms with Crippen LogP contribution in [0.1, 0.15) is 41.6 Å². The summed E-state index contributed by atoms with van der Waals surface area (Å²) in [6.07, 6.45) is 3.71. The third-order valence-corrected chi connectivity index (χ3v) is 5.97. The first-order chi connectivity index (χ1) is 11.6. The molecule has 7 heteroatoms. The van der Waals surface area contributed by atoms with Gasteiger partial charge in [0.2, 0.25) is 10.8 Å². The van der Waals surface area contributed by atoms with Crippen molar-refractivity contribution in [2.45, 2.75) is 32.2 Å². The highest BCUT2D eigenvalue weighted by Gasteiger charge is 2.33. The number of aryl methyl sites for hydroxylation is 1. The first kappa shape index (κ1) is 15.9. The molecular weight excluding hydrogens is 344 g/mol. The van der Waals surface area contributed by atoms with Crippen LogP contribution in [-0.2, 0) is 0 Å². The van der Waals surface area contributed by atoms with Crippen molar-refractivity contribution in [3.63, 3.8) is 0 Å². The van der Waals surface area contributed by atoms with Gasteiger partial charge in [-0.15, -0.1) is 5.10 Å². The Morgan fingerprint density at radius 3 is 2.79 bits per heavy atom. The Morgan fingerprint density at radius 2 is 2.08 bits per heavy atom. The highest BCUT2D eigenvalue weighted by atomic mass is 35.5. The van der Waals surface area contributed by atoms with E-state index in [9.17, 15) is 5.11 Å². The van der Waals surface area contributed by atoms with E-state index in [2.05, 4.69) is 16.1 Å². The Kier molecular flexibility index (Phi) is 4.20. The van der Waals surface area contributed by atoms with E-state index in [1.807, 2.05) is 25.1 Å². The van der Waals surface area contributed by atoms with Crippen molar-refractivity contribution in [2.75, 3.05) is 13.1 Å². The number of benzene rings is 1. The molecule has 0 aliphatic carbocycles. The largest absolute Gasteiger partial charge is 0.492 e. The molecule has 126 valence electrons. The molecule has 1 aliphatic heterocycles. The number of aromatic nitrogens is 3. The summed E-state index contributed by atoms with van der Waals surface area (Å²) >= 11 is 7.76. The van der Waals surface area contributed by atoms with E-state index in [4.69, 9.17) is 11.6 Å². The zero-order chi connectivity index (χ0) is 16.7. The summed E-state index contributed by atoms with van der Waals surface area (Å²) < 4.78 is 1.55. The van der Waals surface area contributed by atoms with Crippen LogP contribution in [0.4, 0.5) is 0 Å². The zero-order valence-corrected chi connectivity index (χ0v) is 15.1. The fourth-order valence-corrected chi connectivity index (χ4v) is 4.97. The predicted octanol–water partition coefficient (Wildman–Crippen LogP) is 2.62. The Balaban J connectivity index is 1.84. The highest BCUT2D eigenvalue weighted by Crippen LogP contribution is 2.35. The quantitative estimate of drug-likeness (QED) is 0.752. The lowest BCUT2D eigenvalue weighted by Gasteiger charge is -2.31. The highest BCUT2D eigenvalue weighted by molar-refractivity contribution is 7.17. The Hall–Kier alpha value is -1.63. The van der Waals surface area contributed by atoms with Gasteiger partial charge in [-0.25, -0.2) is 4.98 Å². The van der Waals surface area contributed by atoms with Gasteiger partial charge in [-0.1, -0.05) is 35.1 Å². The van der Waals surface area contributed by atoms with Gasteiger partial charge >= 0.3 is 0 Å². The fraction of sp³-hybridized carbons (Fsp3) is 0.412. The molecule has 3 heterocycles. The molecule has 0 saturated carbocycles. The second kappa shape index (κ2) is 6.35. The van der Waals surface area contributed by atoms with Crippen molar-refractivity contribution in [1.82, 2.24) is 14.6 Å². The van der Waals surface area contributed by atoms with E-state index in [1.165, 1.54) is 35.5 Å². The summed E-state index contributed by atoms with van der Waals surface area (Å²) in [6.45, 7) is 4.04. The molecule has 0 unspecified atom stereocenters. The summed E-state index contributed by atoms with van der Waals surface area (Å²) in [5.74, 6) is 0.881. The van der Waals surface area contributed by atoms with Crippen LogP contribution >= 0.6 is 22.9 Å². The molecule has 2 N–H and O–H groups in total. The number of halogens is 1. The fourth-order valence-electron chi connectivity index (χ4n) is 3.59. The van der Waals surface area contributed by atoms with Gasteiger partial charge in [-0.2, -0.15) is 4.52 Å². The number of thiazole rings is 1. The van der Waals surface area contributed by atoms with Crippen LogP contribution in [0.2, 0.25) is 5.02 Å². The molecule has 1 fully saturated rings. The van der Waals surface area contributed by atoms with Crippen LogP contribution < -0.4 is 4.90 Å². The number of likely N-dealkylation sites (tertiary alicyclic amines) is 1. The van der Waals surface area contributed by atoms with Gasteiger partial charge in [-0.3, -0.25) is 0 Å². The van der Waals surface area contributed by atoms with Gasteiger partial charge in [0.1, 0.15) is 10.7 Å². The molecule has 0 spiro atoms. The van der Waals surface area contributed by atoms with Gasteiger partial charge in [0, 0.05) is 10.6 Å². The molecule has 1 atom stereocenters. The van der Waals surface area contributed by atoms with E-state index in [0.29, 0.717) is 5.82 Å². The van der Waals surface area contributed by atoms with E-state index >= 15 is 0 Å². The normalized spacial score (nSPS) is 17.4. The molecular formula is C17H20ClN4OS+. The minimum Gasteiger partial charge on any atom is -0.492 e. The topological polar surface area (TPSA) is 54.9 Å². The van der Waals surface area contributed by atoms with Crippen LogP contribution in [0.3, 0.4) is 0 Å². The lowest BCUT2D eigenvalue weighted by atomic mass is 10.0. The molecule has 0 bridgehead atoms. The Bertz CT molecular complexity index is 869. The monoisotopic (exact) mass is 363 g/mol. The van der Waals surface area contributed by atoms with Crippen molar-refractivity contribution in [2.24, 2.45) is 0 Å². The Labute approximate surface area is 149 Å². The minimum absolute atomic E-state index is 0.0674. The third kappa shape index (κ3) is 2.79. The van der Waals surface area contributed by atoms with E-state index in [-0.39, 0.29) is 11.9 Å². The number of nitrogens with one attached hydrogen (secondary N) is 1. The van der Waals surface area contributed by atoms with Gasteiger partial charge in [-0.05, 0) is 38.3 Å². The first-order valence-corrected chi connectivity index (χ1v) is 9.48. The molecule has 1 aromatic carbocycles. The number of aromatic hydroxyl groups is 1. The van der Waals surface area contributed by atoms with E-state index in [0.717, 1.165) is 33.5 Å². The molecule has 1 saturated heterocycles. The van der Waals surface area contributed by atoms with Gasteiger partial charge in [0.25, 0.3) is 0 Å². The number of hydrogen-bond acceptors (Lipinski definition) is 4. The van der Waals surface area contributed by atoms with Crippen molar-refractivity contribution in [3.8, 4) is 5.88 Å². The summed E-state index contributed by atoms with van der Waals surface area (Å²) in [5.41, 5.74) is 1.14. The second-order valence-corrected chi connectivity index (χ2v) is 7.80. The summed E-state index contributed by atoms with van der Waals surface area (Å²) in [6, 6.07) is 8.04. The average molecular weight is 364 g/mol. The molecule has 24 heavy (non-hydrogen) atoms. The Morgan fingerprint density at radius 1 is 1.29 bits per heavy atom. The number of fused-ring (bicyclic) bond motifs is 1. The molecule has 5 nitrogen and oxygen atoms in total. The van der Waals surface area contributed by atoms with Crippen molar-refractivity contribution in [3.05, 3.63) is 45.6 Å². The molecule has 3 aromatic rings. The molecule has 2 aromatic heterocycles. The summed E-state index contributed by atoms with van der Waals surface area (Å²) in [5, 5.41) is 15.8. The maximum atomic E-state index is 10.8. The molecule has 0 radical (unpaired) electrons. The lowest BCUT2D eigenvalue weighted by molar-refractivity contribution is -0.929. The van der Waals surface area contributed by atoms with Crippen molar-refractivity contribution < 1.29 is 10.0 Å². The maximum Gasteiger partial charge on any atom is 0.235 e. The van der Waals surface area contributed by atoms with E-state index in [1.54, 1.807) is 4.52 Å². The van der Waals surface area contributed by atoms with Crippen LogP contribution in [0.25, 0.3) is 4.96 Å². The van der Waals surface area contributed by atoms with E-state index < -0.39 is 0 Å². The summed E-state index contributed by atoms with van der Waals surface area (Å²) in [7, 11) is 0. The maximum absolute atomic E-state index is 10.8. The number of nitrogens with zero attached hydrogens (tertiary/aromatic N) is 3. The summed E-state index contributed by atoms with van der Waals surface area (Å²) in [4.78, 5) is 7.54. The van der Waals surface area contributed by atoms with Crippen LogP contribution in [-0.4, -0.2) is 32.8 Å². The number of piperidine rings is 1. The number of quaternary nitrogens is 1. The SMILES string of the molecule is Cc1nc2sc([C@H](c3cccc(Cl)c3)[NH+]3CCCCC3)c(O)n2n1. The third-order valence-electron chi connectivity index (χ3n) is 4.65.